The Balaban J connectivity index is 2.19. The highest BCUT2D eigenvalue weighted by molar-refractivity contribution is 5.71. The van der Waals surface area contributed by atoms with Crippen molar-refractivity contribution in [1.82, 2.24) is 10.2 Å². The third-order valence-corrected chi connectivity index (χ3v) is 3.20. The number of carbonyl (C=O) groups excluding carboxylic acids is 1. The number of carbonyl (C=O) groups is 1. The lowest BCUT2D eigenvalue weighted by molar-refractivity contribution is -0.142. The van der Waals surface area contributed by atoms with Crippen molar-refractivity contribution in [3.63, 3.8) is 0 Å². The van der Waals surface area contributed by atoms with Crippen LogP contribution in [0.15, 0.2) is 0 Å². The van der Waals surface area contributed by atoms with Crippen LogP contribution in [-0.4, -0.2) is 49.7 Å². The summed E-state index contributed by atoms with van der Waals surface area (Å²) in [5.41, 5.74) is 0. The molecule has 1 rings (SSSR count). The van der Waals surface area contributed by atoms with Crippen LogP contribution in [0.5, 0.6) is 0 Å². The second kappa shape index (κ2) is 8.48. The summed E-state index contributed by atoms with van der Waals surface area (Å²) in [6.45, 7) is 8.43. The highest BCUT2D eigenvalue weighted by Crippen LogP contribution is 2.11. The van der Waals surface area contributed by atoms with Gasteiger partial charge >= 0.3 is 5.97 Å². The largest absolute Gasteiger partial charge is 0.465 e. The molecule has 17 heavy (non-hydrogen) atoms. The lowest BCUT2D eigenvalue weighted by Gasteiger charge is -2.19. The highest BCUT2D eigenvalue weighted by atomic mass is 16.5. The molecule has 4 nitrogen and oxygen atoms in total. The molecule has 0 spiro atoms. The minimum Gasteiger partial charge on any atom is -0.465 e. The van der Waals surface area contributed by atoms with Gasteiger partial charge in [0.2, 0.25) is 0 Å². The Kier molecular flexibility index (Phi) is 7.21. The van der Waals surface area contributed by atoms with Crippen LogP contribution in [0.2, 0.25) is 0 Å². The molecule has 1 fully saturated rings. The zero-order valence-corrected chi connectivity index (χ0v) is 11.2. The lowest BCUT2D eigenvalue weighted by Crippen LogP contribution is -2.35. The van der Waals surface area contributed by atoms with E-state index >= 15 is 0 Å². The molecule has 1 saturated heterocycles. The number of esters is 1. The molecule has 1 unspecified atom stereocenters. The van der Waals surface area contributed by atoms with Crippen LogP contribution < -0.4 is 5.32 Å². The topological polar surface area (TPSA) is 41.6 Å². The van der Waals surface area contributed by atoms with Gasteiger partial charge in [-0.25, -0.2) is 0 Å². The maximum absolute atomic E-state index is 11.2. The van der Waals surface area contributed by atoms with E-state index in [4.69, 9.17) is 4.74 Å². The predicted octanol–water partition coefficient (Wildman–Crippen LogP) is 1.40. The minimum atomic E-state index is -0.137. The fourth-order valence-electron chi connectivity index (χ4n) is 2.34. The summed E-state index contributed by atoms with van der Waals surface area (Å²) < 4.78 is 4.91. The lowest BCUT2D eigenvalue weighted by atomic mass is 10.1. The Labute approximate surface area is 105 Å². The van der Waals surface area contributed by atoms with E-state index in [-0.39, 0.29) is 5.97 Å². The Hall–Kier alpha value is -0.610. The van der Waals surface area contributed by atoms with E-state index in [9.17, 15) is 4.79 Å². The van der Waals surface area contributed by atoms with E-state index in [1.807, 2.05) is 6.92 Å². The first-order valence-corrected chi connectivity index (χ1v) is 6.87. The molecule has 0 aromatic carbocycles. The molecule has 0 aromatic rings. The van der Waals surface area contributed by atoms with Gasteiger partial charge < -0.3 is 15.0 Å². The molecule has 0 aliphatic carbocycles. The van der Waals surface area contributed by atoms with Gasteiger partial charge in [-0.15, -0.1) is 0 Å². The summed E-state index contributed by atoms with van der Waals surface area (Å²) in [5, 5.41) is 3.31. The van der Waals surface area contributed by atoms with Crippen molar-refractivity contribution in [3.8, 4) is 0 Å². The number of hydrogen-bond donors (Lipinski definition) is 1. The second-order valence-corrected chi connectivity index (χ2v) is 4.66. The Morgan fingerprint density at radius 1 is 1.35 bits per heavy atom. The summed E-state index contributed by atoms with van der Waals surface area (Å²) >= 11 is 0. The van der Waals surface area contributed by atoms with Gasteiger partial charge in [0.05, 0.1) is 13.2 Å². The summed E-state index contributed by atoms with van der Waals surface area (Å²) in [7, 11) is 0. The molecule has 0 aromatic heterocycles. The molecule has 0 amide bonds. The van der Waals surface area contributed by atoms with Gasteiger partial charge in [0.15, 0.2) is 0 Å². The first-order chi connectivity index (χ1) is 8.26. The molecule has 0 radical (unpaired) electrons. The summed E-state index contributed by atoms with van der Waals surface area (Å²) in [6.07, 6.45) is 4.75. The van der Waals surface area contributed by atoms with Crippen LogP contribution in [0, 0.1) is 0 Å². The molecule has 1 heterocycles. The first-order valence-electron chi connectivity index (χ1n) is 6.87. The van der Waals surface area contributed by atoms with Crippen molar-refractivity contribution in [3.05, 3.63) is 0 Å². The van der Waals surface area contributed by atoms with E-state index in [2.05, 4.69) is 17.1 Å². The van der Waals surface area contributed by atoms with Crippen LogP contribution in [0.3, 0.4) is 0 Å². The second-order valence-electron chi connectivity index (χ2n) is 4.66. The Morgan fingerprint density at radius 2 is 2.18 bits per heavy atom. The summed E-state index contributed by atoms with van der Waals surface area (Å²) in [6, 6.07) is 0.473. The molecule has 100 valence electrons. The smallest absolute Gasteiger partial charge is 0.319 e. The van der Waals surface area contributed by atoms with Gasteiger partial charge in [-0.2, -0.15) is 0 Å². The van der Waals surface area contributed by atoms with Gasteiger partial charge in [0.1, 0.15) is 0 Å². The molecular formula is C13H26N2O2. The van der Waals surface area contributed by atoms with E-state index in [1.165, 1.54) is 32.4 Å². The fraction of sp³-hybridized carbons (Fsp3) is 0.923. The van der Waals surface area contributed by atoms with Crippen molar-refractivity contribution in [2.24, 2.45) is 0 Å². The van der Waals surface area contributed by atoms with E-state index in [0.29, 0.717) is 19.2 Å². The quantitative estimate of drug-likeness (QED) is 0.715. The van der Waals surface area contributed by atoms with Crippen LogP contribution in [0.1, 0.15) is 39.5 Å². The average Bonchev–Trinajstić information content (AvgIpc) is 2.53. The third kappa shape index (κ3) is 6.03. The van der Waals surface area contributed by atoms with E-state index in [1.54, 1.807) is 0 Å². The molecule has 1 aliphatic heterocycles. The van der Waals surface area contributed by atoms with Crippen molar-refractivity contribution in [2.45, 2.75) is 45.6 Å². The number of nitrogens with one attached hydrogen (secondary N) is 1. The summed E-state index contributed by atoms with van der Waals surface area (Å²) in [5.74, 6) is -0.137. The number of hydrogen-bond acceptors (Lipinski definition) is 4. The fourth-order valence-corrected chi connectivity index (χ4v) is 2.34. The molecule has 1 atom stereocenters. The van der Waals surface area contributed by atoms with Gasteiger partial charge in [-0.1, -0.05) is 6.92 Å². The Bertz CT molecular complexity index is 221. The summed E-state index contributed by atoms with van der Waals surface area (Å²) in [4.78, 5) is 13.8. The van der Waals surface area contributed by atoms with Gasteiger partial charge in [-0.05, 0) is 52.2 Å². The van der Waals surface area contributed by atoms with Gasteiger partial charge in [0, 0.05) is 6.04 Å². The van der Waals surface area contributed by atoms with Crippen molar-refractivity contribution in [2.75, 3.05) is 32.8 Å². The van der Waals surface area contributed by atoms with Crippen LogP contribution in [-0.2, 0) is 9.53 Å². The Morgan fingerprint density at radius 3 is 2.88 bits per heavy atom. The number of ether oxygens (including phenoxy) is 1. The van der Waals surface area contributed by atoms with Crippen LogP contribution in [0.25, 0.3) is 0 Å². The monoisotopic (exact) mass is 242 g/mol. The number of nitrogens with zero attached hydrogens (tertiary/aromatic N) is 1. The zero-order valence-electron chi connectivity index (χ0n) is 11.2. The van der Waals surface area contributed by atoms with E-state index in [0.717, 1.165) is 13.0 Å². The number of rotatable bonds is 6. The molecule has 0 bridgehead atoms. The predicted molar refractivity (Wildman–Crippen MR) is 69.0 cm³/mol. The SMILES string of the molecule is CCCN1CCCC(NCC(=O)OCC)CC1. The highest BCUT2D eigenvalue weighted by Gasteiger charge is 2.16. The van der Waals surface area contributed by atoms with Crippen molar-refractivity contribution >= 4 is 5.97 Å². The third-order valence-electron chi connectivity index (χ3n) is 3.20. The number of likely N-dealkylation sites (tertiary alicyclic amines) is 1. The van der Waals surface area contributed by atoms with Crippen LogP contribution >= 0.6 is 0 Å². The standard InChI is InChI=1S/C13H26N2O2/c1-3-8-15-9-5-6-12(7-10-15)14-11-13(16)17-4-2/h12,14H,3-11H2,1-2H3. The van der Waals surface area contributed by atoms with Gasteiger partial charge in [-0.3, -0.25) is 4.79 Å². The molecule has 1 aliphatic rings. The van der Waals surface area contributed by atoms with Crippen molar-refractivity contribution < 1.29 is 9.53 Å². The minimum absolute atomic E-state index is 0.137. The molecule has 4 heteroatoms. The molecule has 1 N–H and O–H groups in total. The van der Waals surface area contributed by atoms with Crippen LogP contribution in [0.4, 0.5) is 0 Å². The maximum Gasteiger partial charge on any atom is 0.319 e. The molecule has 0 saturated carbocycles. The first kappa shape index (κ1) is 14.5. The normalized spacial score (nSPS) is 22.1. The van der Waals surface area contributed by atoms with Crippen molar-refractivity contribution in [1.29, 1.82) is 0 Å². The van der Waals surface area contributed by atoms with E-state index < -0.39 is 0 Å². The van der Waals surface area contributed by atoms with Gasteiger partial charge in [0.25, 0.3) is 0 Å². The molecular weight excluding hydrogens is 216 g/mol. The maximum atomic E-state index is 11.2. The average molecular weight is 242 g/mol. The zero-order chi connectivity index (χ0) is 12.5.